The van der Waals surface area contributed by atoms with Crippen LogP contribution < -0.4 is 4.90 Å². The van der Waals surface area contributed by atoms with Crippen LogP contribution in [0.5, 0.6) is 0 Å². The Hall–Kier alpha value is -4.53. The van der Waals surface area contributed by atoms with Gasteiger partial charge < -0.3 is 9.88 Å². The maximum Gasteiger partial charge on any atom is 0.289 e. The average Bonchev–Trinajstić information content (AvgIpc) is 3.39. The lowest BCUT2D eigenvalue weighted by atomic mass is 10.1. The number of benzene rings is 3. The van der Waals surface area contributed by atoms with E-state index in [0.717, 1.165) is 16.9 Å². The molecule has 0 bridgehead atoms. The highest BCUT2D eigenvalue weighted by Crippen LogP contribution is 2.35. The van der Waals surface area contributed by atoms with E-state index < -0.39 is 26.7 Å². The van der Waals surface area contributed by atoms with Crippen LogP contribution in [0.1, 0.15) is 22.4 Å². The molecule has 4 aromatic rings. The number of nitro benzene ring substituents is 1. The van der Waals surface area contributed by atoms with Gasteiger partial charge in [-0.3, -0.25) is 10.1 Å². The van der Waals surface area contributed by atoms with Gasteiger partial charge in [-0.05, 0) is 41.8 Å². The van der Waals surface area contributed by atoms with Crippen LogP contribution in [0.4, 0.5) is 11.4 Å². The third kappa shape index (κ3) is 5.00. The van der Waals surface area contributed by atoms with Crippen molar-refractivity contribution >= 4 is 21.4 Å². The predicted octanol–water partition coefficient (Wildman–Crippen LogP) is 4.01. The van der Waals surface area contributed by atoms with Crippen LogP contribution >= 0.6 is 0 Å². The zero-order chi connectivity index (χ0) is 26.7. The molecule has 0 unspecified atom stereocenters. The van der Waals surface area contributed by atoms with Crippen LogP contribution in [0.3, 0.4) is 0 Å². The van der Waals surface area contributed by atoms with Gasteiger partial charge in [0.15, 0.2) is 4.90 Å². The number of sulfonamides is 1. The standard InChI is InChI=1S/C27H24N6O4S/c28-14-21-10-11-25-22(12-21)16-32(38(36,37)27-9-5-4-8-26(27)33(34)35)24(13-20-6-2-1-3-7-20)18-31(25)17-23-15-29-19-30-23/h1-12,15,19,24H,13,16-18H2,(H,29,30)/t24-/m1/s1. The fourth-order valence-corrected chi connectivity index (χ4v) is 6.59. The van der Waals surface area contributed by atoms with E-state index in [-0.39, 0.29) is 11.4 Å². The Kier molecular flexibility index (Phi) is 6.91. The fraction of sp³-hybridized carbons (Fsp3) is 0.185. The highest BCUT2D eigenvalue weighted by molar-refractivity contribution is 7.89. The average molecular weight is 529 g/mol. The zero-order valence-corrected chi connectivity index (χ0v) is 21.1. The summed E-state index contributed by atoms with van der Waals surface area (Å²) in [4.78, 5) is 20.1. The molecule has 0 fully saturated rings. The number of hydrogen-bond donors (Lipinski definition) is 1. The summed E-state index contributed by atoms with van der Waals surface area (Å²) in [6.07, 6.45) is 3.75. The molecular weight excluding hydrogens is 504 g/mol. The number of fused-ring (bicyclic) bond motifs is 1. The number of rotatable bonds is 7. The number of nitro groups is 1. The van der Waals surface area contributed by atoms with Crippen molar-refractivity contribution in [1.29, 1.82) is 5.26 Å². The summed E-state index contributed by atoms with van der Waals surface area (Å²) in [5.74, 6) is 0. The molecule has 0 saturated carbocycles. The molecule has 0 spiro atoms. The minimum atomic E-state index is -4.32. The third-order valence-corrected chi connectivity index (χ3v) is 8.53. The van der Waals surface area contributed by atoms with Crippen LogP contribution in [0.25, 0.3) is 0 Å². The third-order valence-electron chi connectivity index (χ3n) is 6.58. The molecule has 5 rings (SSSR count). The van der Waals surface area contributed by atoms with Crippen LogP contribution in [-0.4, -0.2) is 40.2 Å². The van der Waals surface area contributed by atoms with Crippen molar-refractivity contribution in [3.8, 4) is 6.07 Å². The Morgan fingerprint density at radius 3 is 2.58 bits per heavy atom. The Morgan fingerprint density at radius 2 is 1.87 bits per heavy atom. The summed E-state index contributed by atoms with van der Waals surface area (Å²) >= 11 is 0. The molecule has 1 aliphatic rings. The molecule has 192 valence electrons. The van der Waals surface area contributed by atoms with E-state index in [1.165, 1.54) is 28.6 Å². The summed E-state index contributed by atoms with van der Waals surface area (Å²) in [6, 6.07) is 21.7. The molecule has 1 aromatic heterocycles. The van der Waals surface area contributed by atoms with Crippen molar-refractivity contribution in [1.82, 2.24) is 14.3 Å². The lowest BCUT2D eigenvalue weighted by molar-refractivity contribution is -0.387. The molecule has 38 heavy (non-hydrogen) atoms. The number of nitrogens with zero attached hydrogens (tertiary/aromatic N) is 5. The molecule has 0 amide bonds. The SMILES string of the molecule is N#Cc1ccc2c(c1)CN(S(=O)(=O)c1ccccc1[N+](=O)[O-])[C@H](Cc1ccccc1)CN2Cc1c[nH]cn1. The van der Waals surface area contributed by atoms with Crippen molar-refractivity contribution < 1.29 is 13.3 Å². The molecule has 0 radical (unpaired) electrons. The number of para-hydroxylation sites is 1. The van der Waals surface area contributed by atoms with Gasteiger partial charge in [-0.15, -0.1) is 0 Å². The van der Waals surface area contributed by atoms with E-state index in [2.05, 4.69) is 20.9 Å². The van der Waals surface area contributed by atoms with Crippen molar-refractivity contribution in [2.24, 2.45) is 0 Å². The molecule has 1 N–H and O–H groups in total. The molecule has 2 heterocycles. The number of aromatic amines is 1. The van der Waals surface area contributed by atoms with Crippen LogP contribution in [0.15, 0.2) is 90.2 Å². The molecule has 0 aliphatic carbocycles. The zero-order valence-electron chi connectivity index (χ0n) is 20.3. The van der Waals surface area contributed by atoms with E-state index in [4.69, 9.17) is 0 Å². The number of aromatic nitrogens is 2. The molecule has 0 saturated heterocycles. The summed E-state index contributed by atoms with van der Waals surface area (Å²) in [6.45, 7) is 0.668. The van der Waals surface area contributed by atoms with Gasteiger partial charge in [-0.2, -0.15) is 9.57 Å². The Labute approximate surface area is 220 Å². The quantitative estimate of drug-likeness (QED) is 0.283. The van der Waals surface area contributed by atoms with Gasteiger partial charge in [0, 0.05) is 37.1 Å². The first kappa shape index (κ1) is 25.1. The highest BCUT2D eigenvalue weighted by atomic mass is 32.2. The van der Waals surface area contributed by atoms with Crippen molar-refractivity contribution in [3.05, 3.63) is 118 Å². The highest BCUT2D eigenvalue weighted by Gasteiger charge is 2.39. The van der Waals surface area contributed by atoms with Gasteiger partial charge >= 0.3 is 0 Å². The topological polar surface area (TPSA) is 136 Å². The molecule has 11 heteroatoms. The lowest BCUT2D eigenvalue weighted by Gasteiger charge is -2.32. The van der Waals surface area contributed by atoms with Gasteiger partial charge in [0.25, 0.3) is 15.7 Å². The lowest BCUT2D eigenvalue weighted by Crippen LogP contribution is -2.45. The first-order chi connectivity index (χ1) is 18.4. The molecular formula is C27H24N6O4S. The van der Waals surface area contributed by atoms with E-state index in [9.17, 15) is 23.8 Å². The molecule has 3 aromatic carbocycles. The number of imidazole rings is 1. The minimum Gasteiger partial charge on any atom is -0.364 e. The van der Waals surface area contributed by atoms with Crippen molar-refractivity contribution in [3.63, 3.8) is 0 Å². The van der Waals surface area contributed by atoms with Gasteiger partial charge in [-0.1, -0.05) is 42.5 Å². The maximum atomic E-state index is 14.2. The number of nitriles is 1. The predicted molar refractivity (Wildman–Crippen MR) is 141 cm³/mol. The number of anilines is 1. The molecule has 1 atom stereocenters. The first-order valence-corrected chi connectivity index (χ1v) is 13.4. The number of hydrogen-bond acceptors (Lipinski definition) is 7. The maximum absolute atomic E-state index is 14.2. The van der Waals surface area contributed by atoms with Gasteiger partial charge in [0.05, 0.1) is 35.1 Å². The summed E-state index contributed by atoms with van der Waals surface area (Å²) in [5.41, 5.74) is 3.04. The number of nitrogens with one attached hydrogen (secondary N) is 1. The summed E-state index contributed by atoms with van der Waals surface area (Å²) in [5, 5.41) is 21.3. The fourth-order valence-electron chi connectivity index (χ4n) is 4.84. The van der Waals surface area contributed by atoms with E-state index >= 15 is 0 Å². The Bertz CT molecular complexity index is 1600. The minimum absolute atomic E-state index is 0.0478. The summed E-state index contributed by atoms with van der Waals surface area (Å²) < 4.78 is 29.7. The van der Waals surface area contributed by atoms with Crippen LogP contribution in [0.2, 0.25) is 0 Å². The van der Waals surface area contributed by atoms with E-state index in [1.807, 2.05) is 36.4 Å². The second kappa shape index (κ2) is 10.5. The van der Waals surface area contributed by atoms with Crippen LogP contribution in [0, 0.1) is 21.4 Å². The van der Waals surface area contributed by atoms with Gasteiger partial charge in [0.2, 0.25) is 0 Å². The van der Waals surface area contributed by atoms with Gasteiger partial charge in [-0.25, -0.2) is 13.4 Å². The second-order valence-corrected chi connectivity index (χ2v) is 10.9. The normalized spacial score (nSPS) is 15.9. The first-order valence-electron chi connectivity index (χ1n) is 11.9. The molecule has 10 nitrogen and oxygen atoms in total. The molecule has 1 aliphatic heterocycles. The van der Waals surface area contributed by atoms with Crippen LogP contribution in [-0.2, 0) is 29.5 Å². The number of H-pyrrole nitrogens is 1. The Morgan fingerprint density at radius 1 is 1.11 bits per heavy atom. The smallest absolute Gasteiger partial charge is 0.289 e. The van der Waals surface area contributed by atoms with Crippen molar-refractivity contribution in [2.45, 2.75) is 30.4 Å². The van der Waals surface area contributed by atoms with E-state index in [0.29, 0.717) is 30.6 Å². The monoisotopic (exact) mass is 528 g/mol. The summed E-state index contributed by atoms with van der Waals surface area (Å²) in [7, 11) is -4.32. The van der Waals surface area contributed by atoms with Gasteiger partial charge in [0.1, 0.15) is 0 Å². The van der Waals surface area contributed by atoms with E-state index in [1.54, 1.807) is 24.7 Å². The largest absolute Gasteiger partial charge is 0.364 e. The Balaban J connectivity index is 1.66. The van der Waals surface area contributed by atoms with Crippen molar-refractivity contribution in [2.75, 3.05) is 11.4 Å². The second-order valence-electron chi connectivity index (χ2n) is 9.02.